The normalized spacial score (nSPS) is 11.8. The summed E-state index contributed by atoms with van der Waals surface area (Å²) in [5.41, 5.74) is 1.96. The molecular formula is C13H9BrF3N3O. The van der Waals surface area contributed by atoms with Crippen LogP contribution in [0.2, 0.25) is 0 Å². The summed E-state index contributed by atoms with van der Waals surface area (Å²) in [5.74, 6) is -0.496. The maximum absolute atomic E-state index is 12.5. The minimum atomic E-state index is -4.41. The summed E-state index contributed by atoms with van der Waals surface area (Å²) < 4.78 is 38.3. The maximum Gasteiger partial charge on any atom is 0.416 e. The Balaban J connectivity index is 2.03. The Hall–Kier alpha value is -2.09. The zero-order valence-electron chi connectivity index (χ0n) is 10.4. The van der Waals surface area contributed by atoms with Crippen LogP contribution in [0.15, 0.2) is 46.1 Å². The number of amides is 1. The number of nitrogens with zero attached hydrogens (tertiary/aromatic N) is 1. The lowest BCUT2D eigenvalue weighted by atomic mass is 10.1. The lowest BCUT2D eigenvalue weighted by Gasteiger charge is -2.06. The zero-order valence-corrected chi connectivity index (χ0v) is 12.0. The molecule has 1 aromatic carbocycles. The first-order valence-corrected chi connectivity index (χ1v) is 6.50. The van der Waals surface area contributed by atoms with Crippen LogP contribution in [0.3, 0.4) is 0 Å². The molecule has 0 unspecified atom stereocenters. The van der Waals surface area contributed by atoms with E-state index in [0.717, 1.165) is 18.3 Å². The molecule has 4 nitrogen and oxygen atoms in total. The van der Waals surface area contributed by atoms with Crippen molar-refractivity contribution in [3.05, 3.63) is 57.8 Å². The van der Waals surface area contributed by atoms with Crippen molar-refractivity contribution in [3.8, 4) is 0 Å². The van der Waals surface area contributed by atoms with E-state index in [1.165, 1.54) is 12.1 Å². The fourth-order valence-electron chi connectivity index (χ4n) is 1.52. The summed E-state index contributed by atoms with van der Waals surface area (Å²) in [6.07, 6.45) is -1.69. The molecule has 0 aliphatic rings. The minimum absolute atomic E-state index is 0.234. The van der Waals surface area contributed by atoms with Crippen LogP contribution in [0.1, 0.15) is 21.6 Å². The first kappa shape index (κ1) is 15.3. The molecule has 0 bridgehead atoms. The third-order valence-electron chi connectivity index (χ3n) is 2.49. The predicted molar refractivity (Wildman–Crippen MR) is 75.0 cm³/mol. The molecule has 2 aromatic rings. The van der Waals surface area contributed by atoms with Crippen LogP contribution < -0.4 is 5.43 Å². The monoisotopic (exact) mass is 359 g/mol. The molecule has 0 saturated carbocycles. The number of carbonyl (C=O) groups is 1. The van der Waals surface area contributed by atoms with Gasteiger partial charge in [0.2, 0.25) is 0 Å². The van der Waals surface area contributed by atoms with Gasteiger partial charge < -0.3 is 4.98 Å². The second kappa shape index (κ2) is 6.13. The van der Waals surface area contributed by atoms with Crippen molar-refractivity contribution in [2.45, 2.75) is 6.18 Å². The zero-order chi connectivity index (χ0) is 15.5. The molecule has 0 spiro atoms. The lowest BCUT2D eigenvalue weighted by molar-refractivity contribution is -0.137. The van der Waals surface area contributed by atoms with Crippen LogP contribution in [0, 0.1) is 0 Å². The third kappa shape index (κ3) is 4.19. The van der Waals surface area contributed by atoms with Gasteiger partial charge >= 0.3 is 6.18 Å². The van der Waals surface area contributed by atoms with Gasteiger partial charge in [0.15, 0.2) is 0 Å². The number of alkyl halides is 3. The summed E-state index contributed by atoms with van der Waals surface area (Å²) in [4.78, 5) is 14.3. The van der Waals surface area contributed by atoms with Crippen LogP contribution in [-0.4, -0.2) is 17.1 Å². The fraction of sp³-hybridized carbons (Fsp3) is 0.0769. The lowest BCUT2D eigenvalue weighted by Crippen LogP contribution is -2.17. The smallest absolute Gasteiger partial charge is 0.356 e. The van der Waals surface area contributed by atoms with E-state index >= 15 is 0 Å². The topological polar surface area (TPSA) is 57.2 Å². The van der Waals surface area contributed by atoms with Gasteiger partial charge in [-0.1, -0.05) is 12.1 Å². The summed E-state index contributed by atoms with van der Waals surface area (Å²) in [7, 11) is 0. The van der Waals surface area contributed by atoms with E-state index in [4.69, 9.17) is 0 Å². The summed E-state index contributed by atoms with van der Waals surface area (Å²) in [6, 6.07) is 6.19. The number of halogens is 4. The SMILES string of the molecule is O=C(N/N=C\c1cccc(C(F)(F)F)c1)c1cc(Br)c[nH]1. The molecule has 8 heteroatoms. The largest absolute Gasteiger partial charge is 0.416 e. The Morgan fingerprint density at radius 2 is 2.10 bits per heavy atom. The number of H-pyrrole nitrogens is 1. The molecule has 0 atom stereocenters. The highest BCUT2D eigenvalue weighted by Gasteiger charge is 2.30. The van der Waals surface area contributed by atoms with E-state index < -0.39 is 17.6 Å². The summed E-state index contributed by atoms with van der Waals surface area (Å²) in [6.45, 7) is 0. The van der Waals surface area contributed by atoms with Crippen molar-refractivity contribution in [1.82, 2.24) is 10.4 Å². The van der Waals surface area contributed by atoms with E-state index in [0.29, 0.717) is 4.47 Å². The minimum Gasteiger partial charge on any atom is -0.356 e. The van der Waals surface area contributed by atoms with Gasteiger partial charge in [0.05, 0.1) is 11.8 Å². The van der Waals surface area contributed by atoms with Crippen molar-refractivity contribution in [2.75, 3.05) is 0 Å². The Kier molecular flexibility index (Phi) is 4.46. The van der Waals surface area contributed by atoms with Gasteiger partial charge in [-0.15, -0.1) is 0 Å². The first-order chi connectivity index (χ1) is 9.86. The number of hydrogen-bond donors (Lipinski definition) is 2. The molecule has 0 aliphatic carbocycles. The molecule has 0 saturated heterocycles. The van der Waals surface area contributed by atoms with Crippen LogP contribution in [0.4, 0.5) is 13.2 Å². The predicted octanol–water partition coefficient (Wildman–Crippen LogP) is 3.56. The number of nitrogens with one attached hydrogen (secondary N) is 2. The molecule has 1 amide bonds. The molecule has 0 fully saturated rings. The molecule has 21 heavy (non-hydrogen) atoms. The highest BCUT2D eigenvalue weighted by atomic mass is 79.9. The van der Waals surface area contributed by atoms with Crippen LogP contribution >= 0.6 is 15.9 Å². The van der Waals surface area contributed by atoms with E-state index in [2.05, 4.69) is 31.4 Å². The number of hydrazone groups is 1. The number of carbonyl (C=O) groups excluding carboxylic acids is 1. The number of aromatic nitrogens is 1. The molecule has 1 heterocycles. The van der Waals surface area contributed by atoms with Crippen molar-refractivity contribution >= 4 is 28.1 Å². The standard InChI is InChI=1S/C13H9BrF3N3O/c14-10-5-11(18-7-10)12(21)20-19-6-8-2-1-3-9(4-8)13(15,16)17/h1-7,18H,(H,20,21)/b19-6-. The van der Waals surface area contributed by atoms with Crippen molar-refractivity contribution in [1.29, 1.82) is 0 Å². The average molecular weight is 360 g/mol. The molecule has 2 N–H and O–H groups in total. The molecule has 110 valence electrons. The van der Waals surface area contributed by atoms with Gasteiger partial charge in [-0.3, -0.25) is 4.79 Å². The Labute approximate surface area is 126 Å². The van der Waals surface area contributed by atoms with Crippen molar-refractivity contribution < 1.29 is 18.0 Å². The van der Waals surface area contributed by atoms with Crippen molar-refractivity contribution in [3.63, 3.8) is 0 Å². The second-order valence-electron chi connectivity index (χ2n) is 4.05. The summed E-state index contributed by atoms with van der Waals surface area (Å²) in [5, 5.41) is 3.62. The maximum atomic E-state index is 12.5. The highest BCUT2D eigenvalue weighted by molar-refractivity contribution is 9.10. The number of benzene rings is 1. The van der Waals surface area contributed by atoms with Gasteiger partial charge in [-0.2, -0.15) is 18.3 Å². The number of hydrogen-bond acceptors (Lipinski definition) is 2. The number of aromatic amines is 1. The first-order valence-electron chi connectivity index (χ1n) is 5.71. The molecule has 2 rings (SSSR count). The van der Waals surface area contributed by atoms with Crippen LogP contribution in [0.5, 0.6) is 0 Å². The summed E-state index contributed by atoms with van der Waals surface area (Å²) >= 11 is 3.18. The van der Waals surface area contributed by atoms with Gasteiger partial charge in [-0.05, 0) is 39.7 Å². The Bertz CT molecular complexity index is 679. The molecule has 0 aliphatic heterocycles. The van der Waals surface area contributed by atoms with E-state index in [-0.39, 0.29) is 11.3 Å². The van der Waals surface area contributed by atoms with Gasteiger partial charge in [-0.25, -0.2) is 5.43 Å². The second-order valence-corrected chi connectivity index (χ2v) is 4.97. The van der Waals surface area contributed by atoms with Crippen LogP contribution in [-0.2, 0) is 6.18 Å². The Morgan fingerprint density at radius 1 is 1.33 bits per heavy atom. The van der Waals surface area contributed by atoms with E-state index in [1.54, 1.807) is 12.3 Å². The Morgan fingerprint density at radius 3 is 2.71 bits per heavy atom. The fourth-order valence-corrected chi connectivity index (χ4v) is 1.86. The number of rotatable bonds is 3. The van der Waals surface area contributed by atoms with Gasteiger partial charge in [0.1, 0.15) is 5.69 Å². The van der Waals surface area contributed by atoms with Gasteiger partial charge in [0, 0.05) is 10.7 Å². The molecule has 0 radical (unpaired) electrons. The highest BCUT2D eigenvalue weighted by Crippen LogP contribution is 2.29. The van der Waals surface area contributed by atoms with E-state index in [1.807, 2.05) is 0 Å². The average Bonchev–Trinajstić information content (AvgIpc) is 2.85. The van der Waals surface area contributed by atoms with Gasteiger partial charge in [0.25, 0.3) is 5.91 Å². The van der Waals surface area contributed by atoms with Crippen molar-refractivity contribution in [2.24, 2.45) is 5.10 Å². The van der Waals surface area contributed by atoms with E-state index in [9.17, 15) is 18.0 Å². The van der Waals surface area contributed by atoms with Crippen LogP contribution in [0.25, 0.3) is 0 Å². The third-order valence-corrected chi connectivity index (χ3v) is 2.94. The molecular weight excluding hydrogens is 351 g/mol. The quantitative estimate of drug-likeness (QED) is 0.638. The molecule has 1 aromatic heterocycles.